The Hall–Kier alpha value is -1.69. The van der Waals surface area contributed by atoms with Gasteiger partial charge in [-0.05, 0) is 56.7 Å². The molecule has 1 fully saturated rings. The van der Waals surface area contributed by atoms with Crippen molar-refractivity contribution >= 4 is 6.03 Å². The van der Waals surface area contributed by atoms with Gasteiger partial charge < -0.3 is 15.0 Å². The molecule has 1 aromatic carbocycles. The van der Waals surface area contributed by atoms with Crippen molar-refractivity contribution in [3.8, 4) is 0 Å². The maximum atomic E-state index is 13.1. The second-order valence-electron chi connectivity index (χ2n) is 6.36. The fourth-order valence-corrected chi connectivity index (χ4v) is 3.09. The van der Waals surface area contributed by atoms with Crippen LogP contribution >= 0.6 is 0 Å². The van der Waals surface area contributed by atoms with E-state index in [2.05, 4.69) is 5.32 Å². The van der Waals surface area contributed by atoms with E-state index >= 15 is 0 Å². The zero-order chi connectivity index (χ0) is 17.5. The number of halogens is 2. The van der Waals surface area contributed by atoms with E-state index in [0.29, 0.717) is 19.5 Å². The Morgan fingerprint density at radius 1 is 1.33 bits per heavy atom. The Labute approximate surface area is 142 Å². The topological polar surface area (TPSA) is 41.6 Å². The van der Waals surface area contributed by atoms with E-state index in [-0.39, 0.29) is 18.2 Å². The van der Waals surface area contributed by atoms with Gasteiger partial charge in [-0.2, -0.15) is 0 Å². The fraction of sp³-hybridized carbons (Fsp3) is 0.611. The first-order chi connectivity index (χ1) is 11.5. The molecular weight excluding hydrogens is 314 g/mol. The van der Waals surface area contributed by atoms with Crippen LogP contribution < -0.4 is 5.32 Å². The van der Waals surface area contributed by atoms with Gasteiger partial charge in [-0.15, -0.1) is 0 Å². The number of urea groups is 1. The van der Waals surface area contributed by atoms with Crippen molar-refractivity contribution in [3.05, 3.63) is 35.4 Å². The maximum absolute atomic E-state index is 13.1. The lowest BCUT2D eigenvalue weighted by molar-refractivity contribution is 0.0293. The fourth-order valence-electron chi connectivity index (χ4n) is 3.09. The van der Waals surface area contributed by atoms with Crippen molar-refractivity contribution in [2.75, 3.05) is 20.2 Å². The Balaban J connectivity index is 1.65. The lowest BCUT2D eigenvalue weighted by Crippen LogP contribution is -2.50. The minimum atomic E-state index is -0.822. The third kappa shape index (κ3) is 5.16. The summed E-state index contributed by atoms with van der Waals surface area (Å²) in [7, 11) is 1.71. The number of benzene rings is 1. The number of hydrogen-bond donors (Lipinski definition) is 1. The molecule has 0 saturated carbocycles. The van der Waals surface area contributed by atoms with Crippen molar-refractivity contribution in [3.63, 3.8) is 0 Å². The van der Waals surface area contributed by atoms with Crippen LogP contribution in [0.2, 0.25) is 0 Å². The molecule has 4 nitrogen and oxygen atoms in total. The van der Waals surface area contributed by atoms with Crippen LogP contribution in [-0.4, -0.2) is 43.3 Å². The van der Waals surface area contributed by atoms with Gasteiger partial charge in [0, 0.05) is 26.2 Å². The number of carbonyl (C=O) groups is 1. The number of nitrogens with one attached hydrogen (secondary N) is 1. The van der Waals surface area contributed by atoms with E-state index in [0.717, 1.165) is 37.3 Å². The molecule has 1 aliphatic heterocycles. The summed E-state index contributed by atoms with van der Waals surface area (Å²) in [6.45, 7) is 3.33. The van der Waals surface area contributed by atoms with E-state index in [1.165, 1.54) is 6.07 Å². The Bertz CT molecular complexity index is 554. The number of likely N-dealkylation sites (tertiary alicyclic amines) is 1. The number of methoxy groups -OCH3 is 1. The summed E-state index contributed by atoms with van der Waals surface area (Å²) in [5.41, 5.74) is 0.774. The molecule has 1 heterocycles. The summed E-state index contributed by atoms with van der Waals surface area (Å²) < 4.78 is 31.3. The third-order valence-corrected chi connectivity index (χ3v) is 4.57. The minimum Gasteiger partial charge on any atom is -0.381 e. The summed E-state index contributed by atoms with van der Waals surface area (Å²) >= 11 is 0. The second-order valence-corrected chi connectivity index (χ2v) is 6.36. The number of piperidine rings is 1. The van der Waals surface area contributed by atoms with E-state index in [1.54, 1.807) is 13.2 Å². The molecule has 1 aliphatic rings. The van der Waals surface area contributed by atoms with Crippen molar-refractivity contribution in [2.45, 2.75) is 51.2 Å². The van der Waals surface area contributed by atoms with E-state index < -0.39 is 11.6 Å². The van der Waals surface area contributed by atoms with Gasteiger partial charge in [0.05, 0.1) is 6.10 Å². The molecule has 1 aromatic rings. The van der Waals surface area contributed by atoms with Crippen LogP contribution in [0.25, 0.3) is 0 Å². The van der Waals surface area contributed by atoms with Crippen molar-refractivity contribution in [1.82, 2.24) is 10.2 Å². The highest BCUT2D eigenvalue weighted by Crippen LogP contribution is 2.19. The molecule has 2 atom stereocenters. The van der Waals surface area contributed by atoms with Gasteiger partial charge >= 0.3 is 6.03 Å². The highest BCUT2D eigenvalue weighted by Gasteiger charge is 2.28. The van der Waals surface area contributed by atoms with Crippen LogP contribution in [0.3, 0.4) is 0 Å². The maximum Gasteiger partial charge on any atom is 0.317 e. The minimum absolute atomic E-state index is 0.0371. The molecular formula is C18H26F2N2O2. The van der Waals surface area contributed by atoms with Gasteiger partial charge in [-0.25, -0.2) is 13.6 Å². The van der Waals surface area contributed by atoms with Crippen LogP contribution in [0.4, 0.5) is 13.6 Å². The predicted molar refractivity (Wildman–Crippen MR) is 88.9 cm³/mol. The monoisotopic (exact) mass is 340 g/mol. The first-order valence-electron chi connectivity index (χ1n) is 8.52. The van der Waals surface area contributed by atoms with Gasteiger partial charge in [-0.1, -0.05) is 6.07 Å². The Morgan fingerprint density at radius 2 is 2.12 bits per heavy atom. The average molecular weight is 340 g/mol. The molecule has 1 N–H and O–H groups in total. The first kappa shape index (κ1) is 18.6. The van der Waals surface area contributed by atoms with E-state index in [4.69, 9.17) is 4.74 Å². The zero-order valence-corrected chi connectivity index (χ0v) is 14.4. The molecule has 0 unspecified atom stereocenters. The van der Waals surface area contributed by atoms with Crippen LogP contribution in [0.15, 0.2) is 18.2 Å². The zero-order valence-electron chi connectivity index (χ0n) is 14.4. The second kappa shape index (κ2) is 8.97. The van der Waals surface area contributed by atoms with Crippen LogP contribution in [0, 0.1) is 11.6 Å². The van der Waals surface area contributed by atoms with Crippen LogP contribution in [0.5, 0.6) is 0 Å². The molecule has 0 spiro atoms. The van der Waals surface area contributed by atoms with Crippen molar-refractivity contribution < 1.29 is 18.3 Å². The lowest BCUT2D eigenvalue weighted by Gasteiger charge is -2.37. The average Bonchev–Trinajstić information content (AvgIpc) is 2.57. The molecule has 2 rings (SSSR count). The van der Waals surface area contributed by atoms with E-state index in [9.17, 15) is 13.6 Å². The largest absolute Gasteiger partial charge is 0.381 e. The van der Waals surface area contributed by atoms with Crippen molar-refractivity contribution in [2.24, 2.45) is 0 Å². The van der Waals surface area contributed by atoms with Crippen molar-refractivity contribution in [1.29, 1.82) is 0 Å². The number of amides is 2. The van der Waals surface area contributed by atoms with Crippen LogP contribution in [-0.2, 0) is 11.2 Å². The molecule has 0 aliphatic carbocycles. The lowest BCUT2D eigenvalue weighted by atomic mass is 10.0. The van der Waals surface area contributed by atoms with Gasteiger partial charge in [0.25, 0.3) is 0 Å². The molecule has 6 heteroatoms. The molecule has 24 heavy (non-hydrogen) atoms. The summed E-state index contributed by atoms with van der Waals surface area (Å²) in [6.07, 6.45) is 4.24. The highest BCUT2D eigenvalue weighted by atomic mass is 19.2. The predicted octanol–water partition coefficient (Wildman–Crippen LogP) is 3.50. The molecule has 0 aromatic heterocycles. The SMILES string of the molecule is CO[C@H]1CCN(C(=O)NCCCCc2ccc(F)c(F)c2)[C@H](C)C1. The Kier molecular flexibility index (Phi) is 6.97. The number of rotatable bonds is 6. The third-order valence-electron chi connectivity index (χ3n) is 4.57. The molecule has 2 amide bonds. The molecule has 0 radical (unpaired) electrons. The van der Waals surface area contributed by atoms with Gasteiger partial charge in [0.2, 0.25) is 0 Å². The van der Waals surface area contributed by atoms with E-state index in [1.807, 2.05) is 11.8 Å². The van der Waals surface area contributed by atoms with Gasteiger partial charge in [0.1, 0.15) is 0 Å². The quantitative estimate of drug-likeness (QED) is 0.806. The van der Waals surface area contributed by atoms with Gasteiger partial charge in [-0.3, -0.25) is 0 Å². The number of carbonyl (C=O) groups excluding carboxylic acids is 1. The molecule has 0 bridgehead atoms. The molecule has 1 saturated heterocycles. The first-order valence-corrected chi connectivity index (χ1v) is 8.52. The number of ether oxygens (including phenoxy) is 1. The number of aryl methyl sites for hydroxylation is 1. The number of hydrogen-bond acceptors (Lipinski definition) is 2. The highest BCUT2D eigenvalue weighted by molar-refractivity contribution is 5.74. The van der Waals surface area contributed by atoms with Gasteiger partial charge in [0.15, 0.2) is 11.6 Å². The standard InChI is InChI=1S/C18H26F2N2O2/c1-13-11-15(24-2)8-10-22(13)18(23)21-9-4-3-5-14-6-7-16(19)17(20)12-14/h6-7,12-13,15H,3-5,8-11H2,1-2H3,(H,21,23)/t13-,15+/m1/s1. The number of unbranched alkanes of at least 4 members (excludes halogenated alkanes) is 1. The summed E-state index contributed by atoms with van der Waals surface area (Å²) in [5.74, 6) is -1.63. The smallest absolute Gasteiger partial charge is 0.317 e. The normalized spacial score (nSPS) is 20.9. The number of nitrogens with zero attached hydrogens (tertiary/aromatic N) is 1. The molecule has 134 valence electrons. The Morgan fingerprint density at radius 3 is 2.79 bits per heavy atom. The summed E-state index contributed by atoms with van der Waals surface area (Å²) in [4.78, 5) is 14.1. The van der Waals surface area contributed by atoms with Crippen LogP contribution in [0.1, 0.15) is 38.2 Å². The summed E-state index contributed by atoms with van der Waals surface area (Å²) in [5, 5.41) is 2.93. The summed E-state index contributed by atoms with van der Waals surface area (Å²) in [6, 6.07) is 4.11.